The third-order valence-electron chi connectivity index (χ3n) is 4.52. The van der Waals surface area contributed by atoms with Crippen molar-refractivity contribution in [2.45, 2.75) is 12.5 Å². The number of rotatable bonds is 7. The van der Waals surface area contributed by atoms with Gasteiger partial charge in [0.05, 0.1) is 0 Å². The van der Waals surface area contributed by atoms with Crippen LogP contribution >= 0.6 is 11.6 Å². The molecule has 0 bridgehead atoms. The lowest BCUT2D eigenvalue weighted by Gasteiger charge is -2.16. The van der Waals surface area contributed by atoms with E-state index in [9.17, 15) is 0 Å². The molecule has 4 aromatic rings. The lowest BCUT2D eigenvalue weighted by atomic mass is 10.1. The van der Waals surface area contributed by atoms with E-state index in [1.54, 1.807) is 0 Å². The molecule has 140 valence electrons. The molecule has 0 saturated carbocycles. The second kappa shape index (κ2) is 8.83. The summed E-state index contributed by atoms with van der Waals surface area (Å²) in [5.41, 5.74) is 3.21. The summed E-state index contributed by atoms with van der Waals surface area (Å²) in [6.45, 7) is 0.778. The van der Waals surface area contributed by atoms with Crippen LogP contribution in [0.5, 0.6) is 0 Å². The molecular formula is C23H20ClN3O. The molecule has 3 aromatic carbocycles. The molecule has 0 aliphatic rings. The van der Waals surface area contributed by atoms with Gasteiger partial charge in [-0.15, -0.1) is 10.2 Å². The Bertz CT molecular complexity index is 1000. The van der Waals surface area contributed by atoms with Crippen LogP contribution in [0, 0.1) is 0 Å². The number of benzene rings is 3. The number of aromatic nitrogens is 2. The summed E-state index contributed by atoms with van der Waals surface area (Å²) in [6.07, 6.45) is 0.907. The number of hydrogen-bond acceptors (Lipinski definition) is 4. The Morgan fingerprint density at radius 2 is 1.50 bits per heavy atom. The Labute approximate surface area is 169 Å². The summed E-state index contributed by atoms with van der Waals surface area (Å²) >= 11 is 6.06. The highest BCUT2D eigenvalue weighted by molar-refractivity contribution is 6.30. The molecule has 0 saturated heterocycles. The topological polar surface area (TPSA) is 51.0 Å². The molecule has 4 rings (SSSR count). The molecule has 1 heterocycles. The third kappa shape index (κ3) is 4.47. The summed E-state index contributed by atoms with van der Waals surface area (Å²) in [5, 5.41) is 12.8. The zero-order chi connectivity index (χ0) is 19.2. The van der Waals surface area contributed by atoms with Crippen LogP contribution < -0.4 is 5.32 Å². The Morgan fingerprint density at radius 1 is 0.821 bits per heavy atom. The predicted molar refractivity (Wildman–Crippen MR) is 111 cm³/mol. The quantitative estimate of drug-likeness (QED) is 0.465. The summed E-state index contributed by atoms with van der Waals surface area (Å²) < 4.78 is 6.00. The van der Waals surface area contributed by atoms with Gasteiger partial charge in [-0.3, -0.25) is 0 Å². The van der Waals surface area contributed by atoms with Crippen LogP contribution in [0.25, 0.3) is 11.5 Å². The Hall–Kier alpha value is -2.95. The van der Waals surface area contributed by atoms with Gasteiger partial charge in [-0.1, -0.05) is 72.3 Å². The van der Waals surface area contributed by atoms with Crippen molar-refractivity contribution in [3.05, 3.63) is 107 Å². The lowest BCUT2D eigenvalue weighted by molar-refractivity contribution is 0.440. The first-order valence-electron chi connectivity index (χ1n) is 9.21. The van der Waals surface area contributed by atoms with Crippen LogP contribution in [-0.4, -0.2) is 16.7 Å². The molecular weight excluding hydrogens is 370 g/mol. The molecule has 0 radical (unpaired) electrons. The Kier molecular flexibility index (Phi) is 5.80. The van der Waals surface area contributed by atoms with Gasteiger partial charge in [0.1, 0.15) is 6.04 Å². The van der Waals surface area contributed by atoms with E-state index in [-0.39, 0.29) is 6.04 Å². The highest BCUT2D eigenvalue weighted by atomic mass is 35.5. The third-order valence-corrected chi connectivity index (χ3v) is 4.77. The van der Waals surface area contributed by atoms with E-state index in [0.29, 0.717) is 16.8 Å². The highest BCUT2D eigenvalue weighted by Crippen LogP contribution is 2.26. The van der Waals surface area contributed by atoms with Gasteiger partial charge >= 0.3 is 0 Å². The van der Waals surface area contributed by atoms with E-state index in [4.69, 9.17) is 16.0 Å². The second-order valence-electron chi connectivity index (χ2n) is 6.49. The molecule has 0 unspecified atom stereocenters. The van der Waals surface area contributed by atoms with Gasteiger partial charge in [-0.2, -0.15) is 0 Å². The molecule has 0 aliphatic carbocycles. The average Bonchev–Trinajstić information content (AvgIpc) is 3.23. The fourth-order valence-electron chi connectivity index (χ4n) is 3.06. The van der Waals surface area contributed by atoms with Crippen molar-refractivity contribution in [1.82, 2.24) is 15.5 Å². The maximum atomic E-state index is 6.06. The van der Waals surface area contributed by atoms with Gasteiger partial charge in [0.25, 0.3) is 0 Å². The van der Waals surface area contributed by atoms with E-state index < -0.39 is 0 Å². The fourth-order valence-corrected chi connectivity index (χ4v) is 3.18. The zero-order valence-electron chi connectivity index (χ0n) is 15.3. The monoisotopic (exact) mass is 389 g/mol. The van der Waals surface area contributed by atoms with Crippen molar-refractivity contribution >= 4 is 11.6 Å². The first-order chi connectivity index (χ1) is 13.8. The van der Waals surface area contributed by atoms with Gasteiger partial charge in [0.2, 0.25) is 11.8 Å². The molecule has 0 spiro atoms. The maximum absolute atomic E-state index is 6.06. The van der Waals surface area contributed by atoms with Gasteiger partial charge in [0, 0.05) is 17.1 Å². The standard InChI is InChI=1S/C23H20ClN3O/c24-20-13-11-18(12-14-20)21(25-16-15-17-7-3-1-4-8-17)23-27-26-22(28-23)19-9-5-2-6-10-19/h1-14,21,25H,15-16H2/t21-/m0/s1. The minimum Gasteiger partial charge on any atom is -0.419 e. The molecule has 1 N–H and O–H groups in total. The van der Waals surface area contributed by atoms with Gasteiger partial charge in [0.15, 0.2) is 0 Å². The van der Waals surface area contributed by atoms with E-state index in [2.05, 4.69) is 39.8 Å². The smallest absolute Gasteiger partial charge is 0.247 e. The van der Waals surface area contributed by atoms with Gasteiger partial charge < -0.3 is 9.73 Å². The molecule has 1 aromatic heterocycles. The molecule has 28 heavy (non-hydrogen) atoms. The SMILES string of the molecule is Clc1ccc([C@H](NCCc2ccccc2)c2nnc(-c3ccccc3)o2)cc1. The molecule has 1 atom stereocenters. The lowest BCUT2D eigenvalue weighted by Crippen LogP contribution is -2.25. The maximum Gasteiger partial charge on any atom is 0.247 e. The van der Waals surface area contributed by atoms with Crippen molar-refractivity contribution in [3.8, 4) is 11.5 Å². The Morgan fingerprint density at radius 3 is 2.21 bits per heavy atom. The van der Waals surface area contributed by atoms with Crippen molar-refractivity contribution in [2.75, 3.05) is 6.54 Å². The van der Waals surface area contributed by atoms with E-state index in [1.807, 2.05) is 60.7 Å². The number of nitrogens with zero attached hydrogens (tertiary/aromatic N) is 2. The van der Waals surface area contributed by atoms with Crippen LogP contribution in [0.1, 0.15) is 23.1 Å². The largest absolute Gasteiger partial charge is 0.419 e. The molecule has 0 amide bonds. The Balaban J connectivity index is 1.56. The molecule has 4 nitrogen and oxygen atoms in total. The normalized spacial score (nSPS) is 12.0. The zero-order valence-corrected chi connectivity index (χ0v) is 16.0. The van der Waals surface area contributed by atoms with Crippen LogP contribution in [-0.2, 0) is 6.42 Å². The number of nitrogens with one attached hydrogen (secondary N) is 1. The van der Waals surface area contributed by atoms with Gasteiger partial charge in [-0.05, 0) is 41.8 Å². The fraction of sp³-hybridized carbons (Fsp3) is 0.130. The van der Waals surface area contributed by atoms with Crippen LogP contribution in [0.15, 0.2) is 89.3 Å². The van der Waals surface area contributed by atoms with Crippen LogP contribution in [0.2, 0.25) is 5.02 Å². The van der Waals surface area contributed by atoms with E-state index in [0.717, 1.165) is 24.1 Å². The van der Waals surface area contributed by atoms with E-state index >= 15 is 0 Å². The first kappa shape index (κ1) is 18.4. The minimum absolute atomic E-state index is 0.203. The molecule has 0 fully saturated rings. The predicted octanol–water partition coefficient (Wildman–Crippen LogP) is 5.31. The van der Waals surface area contributed by atoms with Gasteiger partial charge in [-0.25, -0.2) is 0 Å². The molecule has 0 aliphatic heterocycles. The van der Waals surface area contributed by atoms with Crippen molar-refractivity contribution in [2.24, 2.45) is 0 Å². The number of halogens is 1. The first-order valence-corrected chi connectivity index (χ1v) is 9.59. The summed E-state index contributed by atoms with van der Waals surface area (Å²) in [5.74, 6) is 1.05. The highest BCUT2D eigenvalue weighted by Gasteiger charge is 2.21. The minimum atomic E-state index is -0.203. The van der Waals surface area contributed by atoms with Crippen molar-refractivity contribution < 1.29 is 4.42 Å². The summed E-state index contributed by atoms with van der Waals surface area (Å²) in [4.78, 5) is 0. The summed E-state index contributed by atoms with van der Waals surface area (Å²) in [6, 6.07) is 27.7. The van der Waals surface area contributed by atoms with Crippen LogP contribution in [0.3, 0.4) is 0 Å². The second-order valence-corrected chi connectivity index (χ2v) is 6.92. The van der Waals surface area contributed by atoms with Crippen LogP contribution in [0.4, 0.5) is 0 Å². The number of hydrogen-bond donors (Lipinski definition) is 1. The van der Waals surface area contributed by atoms with E-state index in [1.165, 1.54) is 5.56 Å². The average molecular weight is 390 g/mol. The van der Waals surface area contributed by atoms with Crippen molar-refractivity contribution in [1.29, 1.82) is 0 Å². The van der Waals surface area contributed by atoms with Crippen molar-refractivity contribution in [3.63, 3.8) is 0 Å². The molecule has 5 heteroatoms. The summed E-state index contributed by atoms with van der Waals surface area (Å²) in [7, 11) is 0.